The average Bonchev–Trinajstić information content (AvgIpc) is 2.66. The van der Waals surface area contributed by atoms with E-state index in [0.717, 1.165) is 36.2 Å². The molecule has 6 nitrogen and oxygen atoms in total. The zero-order valence-electron chi connectivity index (χ0n) is 17.9. The molecule has 1 amide bonds. The van der Waals surface area contributed by atoms with Crippen LogP contribution >= 0.6 is 12.2 Å². The maximum Gasteiger partial charge on any atom is 0.338 e. The average molecular weight is 418 g/mol. The van der Waals surface area contributed by atoms with Gasteiger partial charge in [0.15, 0.2) is 5.11 Å². The second-order valence-corrected chi connectivity index (χ2v) is 7.91. The van der Waals surface area contributed by atoms with Gasteiger partial charge in [0.25, 0.3) is 0 Å². The van der Waals surface area contributed by atoms with Gasteiger partial charge in [0.2, 0.25) is 5.91 Å². The van der Waals surface area contributed by atoms with Gasteiger partial charge in [-0.25, -0.2) is 4.79 Å². The molecule has 0 aromatic heterocycles. The van der Waals surface area contributed by atoms with Crippen molar-refractivity contribution in [3.8, 4) is 0 Å². The lowest BCUT2D eigenvalue weighted by molar-refractivity contribution is -0.143. The van der Waals surface area contributed by atoms with Crippen LogP contribution in [0.4, 0.5) is 5.69 Å². The first kappa shape index (κ1) is 22.9. The fourth-order valence-electron chi connectivity index (χ4n) is 3.15. The van der Waals surface area contributed by atoms with Crippen LogP contribution in [0.3, 0.4) is 0 Å². The smallest absolute Gasteiger partial charge is 0.338 e. The van der Waals surface area contributed by atoms with Crippen molar-refractivity contribution >= 4 is 34.9 Å². The van der Waals surface area contributed by atoms with Crippen molar-refractivity contribution in [2.75, 3.05) is 12.4 Å². The fourth-order valence-corrected chi connectivity index (χ4v) is 3.40. The molecular formula is C22H31N3O3S. The standard InChI is InChI=1S/C22H31N3O3S/c1-6-7-8-9-18(26)23-17-12-10-16(11-13-17)20-19(21(27)28-14(2)3)15(4)25(5)22(29)24-20/h10-14,20H,6-9H2,1-5H3,(H,23,26)(H,24,29)/t20-/m1/s1. The maximum atomic E-state index is 12.7. The van der Waals surface area contributed by atoms with E-state index in [0.29, 0.717) is 17.1 Å². The van der Waals surface area contributed by atoms with Gasteiger partial charge in [-0.15, -0.1) is 0 Å². The fraction of sp³-hybridized carbons (Fsp3) is 0.500. The van der Waals surface area contributed by atoms with Gasteiger partial charge in [-0.1, -0.05) is 31.9 Å². The number of amides is 1. The molecule has 158 valence electrons. The number of anilines is 1. The SMILES string of the molecule is CCCCCC(=O)Nc1ccc([C@H]2NC(=S)N(C)C(C)=C2C(=O)OC(C)C)cc1. The number of rotatable bonds is 8. The highest BCUT2D eigenvalue weighted by Crippen LogP contribution is 2.31. The van der Waals surface area contributed by atoms with Crippen molar-refractivity contribution < 1.29 is 14.3 Å². The summed E-state index contributed by atoms with van der Waals surface area (Å²) < 4.78 is 5.45. The normalized spacial score (nSPS) is 16.7. The Morgan fingerprint density at radius 3 is 2.48 bits per heavy atom. The predicted octanol–water partition coefficient (Wildman–Crippen LogP) is 4.29. The van der Waals surface area contributed by atoms with Crippen molar-refractivity contribution in [3.63, 3.8) is 0 Å². The number of ether oxygens (including phenoxy) is 1. The first-order valence-electron chi connectivity index (χ1n) is 10.1. The zero-order valence-corrected chi connectivity index (χ0v) is 18.7. The molecule has 7 heteroatoms. The quantitative estimate of drug-likeness (QED) is 0.373. The summed E-state index contributed by atoms with van der Waals surface area (Å²) in [6.07, 6.45) is 3.33. The predicted molar refractivity (Wildman–Crippen MR) is 119 cm³/mol. The molecule has 1 aliphatic heterocycles. The molecule has 1 heterocycles. The third-order valence-corrected chi connectivity index (χ3v) is 5.24. The molecule has 0 bridgehead atoms. The molecule has 0 saturated heterocycles. The lowest BCUT2D eigenvalue weighted by atomic mass is 9.95. The van der Waals surface area contributed by atoms with Crippen LogP contribution in [0.1, 0.15) is 65.0 Å². The summed E-state index contributed by atoms with van der Waals surface area (Å²) in [5, 5.41) is 6.69. The molecular weight excluding hydrogens is 386 g/mol. The number of hydrogen-bond donors (Lipinski definition) is 2. The van der Waals surface area contributed by atoms with Gasteiger partial charge in [-0.2, -0.15) is 0 Å². The Morgan fingerprint density at radius 1 is 1.24 bits per heavy atom. The zero-order chi connectivity index (χ0) is 21.6. The highest BCUT2D eigenvalue weighted by atomic mass is 32.1. The summed E-state index contributed by atoms with van der Waals surface area (Å²) >= 11 is 5.41. The van der Waals surface area contributed by atoms with Crippen LogP contribution in [0.15, 0.2) is 35.5 Å². The summed E-state index contributed by atoms with van der Waals surface area (Å²) in [6, 6.07) is 7.07. The number of hydrogen-bond acceptors (Lipinski definition) is 4. The summed E-state index contributed by atoms with van der Waals surface area (Å²) in [5.41, 5.74) is 2.90. The Morgan fingerprint density at radius 2 is 1.90 bits per heavy atom. The number of benzene rings is 1. The Balaban J connectivity index is 2.21. The molecule has 0 aliphatic carbocycles. The van der Waals surface area contributed by atoms with Crippen molar-refractivity contribution in [1.82, 2.24) is 10.2 Å². The minimum absolute atomic E-state index is 0.0155. The van der Waals surface area contributed by atoms with E-state index in [4.69, 9.17) is 17.0 Å². The molecule has 0 spiro atoms. The van der Waals surface area contributed by atoms with E-state index < -0.39 is 6.04 Å². The van der Waals surface area contributed by atoms with E-state index in [9.17, 15) is 9.59 Å². The molecule has 1 atom stereocenters. The molecule has 2 rings (SSSR count). The summed E-state index contributed by atoms with van der Waals surface area (Å²) in [4.78, 5) is 26.5. The lowest BCUT2D eigenvalue weighted by Crippen LogP contribution is -2.46. The second kappa shape index (κ2) is 10.4. The van der Waals surface area contributed by atoms with E-state index in [1.54, 1.807) is 4.90 Å². The number of thiocarbonyl (C=S) groups is 1. The molecule has 1 aliphatic rings. The largest absolute Gasteiger partial charge is 0.459 e. The van der Waals surface area contributed by atoms with E-state index >= 15 is 0 Å². The highest BCUT2D eigenvalue weighted by Gasteiger charge is 2.33. The third kappa shape index (κ3) is 6.03. The third-order valence-electron chi connectivity index (χ3n) is 4.85. The lowest BCUT2D eigenvalue weighted by Gasteiger charge is -2.35. The minimum atomic E-state index is -0.403. The number of esters is 1. The Hall–Kier alpha value is -2.41. The van der Waals surface area contributed by atoms with Crippen LogP contribution in [0.25, 0.3) is 0 Å². The van der Waals surface area contributed by atoms with Crippen LogP contribution in [0.5, 0.6) is 0 Å². The van der Waals surface area contributed by atoms with Gasteiger partial charge in [0.1, 0.15) is 0 Å². The Labute approximate surface area is 178 Å². The van der Waals surface area contributed by atoms with Crippen LogP contribution < -0.4 is 10.6 Å². The number of nitrogens with one attached hydrogen (secondary N) is 2. The van der Waals surface area contributed by atoms with Crippen molar-refractivity contribution in [1.29, 1.82) is 0 Å². The van der Waals surface area contributed by atoms with Gasteiger partial charge in [0.05, 0.1) is 17.7 Å². The molecule has 0 fully saturated rings. The number of carbonyl (C=O) groups is 2. The molecule has 1 aromatic carbocycles. The first-order chi connectivity index (χ1) is 13.7. The highest BCUT2D eigenvalue weighted by molar-refractivity contribution is 7.80. The second-order valence-electron chi connectivity index (χ2n) is 7.52. The molecule has 0 radical (unpaired) electrons. The maximum absolute atomic E-state index is 12.7. The van der Waals surface area contributed by atoms with E-state index in [2.05, 4.69) is 17.6 Å². The monoisotopic (exact) mass is 417 g/mol. The molecule has 0 saturated carbocycles. The van der Waals surface area contributed by atoms with E-state index in [1.807, 2.05) is 52.1 Å². The van der Waals surface area contributed by atoms with Crippen molar-refractivity contribution in [2.24, 2.45) is 0 Å². The summed E-state index contributed by atoms with van der Waals surface area (Å²) in [7, 11) is 1.82. The Kier molecular flexibility index (Phi) is 8.20. The summed E-state index contributed by atoms with van der Waals surface area (Å²) in [5.74, 6) is -0.348. The topological polar surface area (TPSA) is 70.7 Å². The van der Waals surface area contributed by atoms with Crippen LogP contribution in [-0.4, -0.2) is 35.0 Å². The summed E-state index contributed by atoms with van der Waals surface area (Å²) in [6.45, 7) is 7.62. The van der Waals surface area contributed by atoms with Crippen molar-refractivity contribution in [2.45, 2.75) is 65.5 Å². The van der Waals surface area contributed by atoms with Gasteiger partial charge < -0.3 is 20.3 Å². The Bertz CT molecular complexity index is 787. The first-order valence-corrected chi connectivity index (χ1v) is 10.5. The molecule has 29 heavy (non-hydrogen) atoms. The van der Waals surface area contributed by atoms with Crippen LogP contribution in [-0.2, 0) is 14.3 Å². The molecule has 2 N–H and O–H groups in total. The van der Waals surface area contributed by atoms with Crippen LogP contribution in [0, 0.1) is 0 Å². The number of unbranched alkanes of at least 4 members (excludes halogenated alkanes) is 2. The van der Waals surface area contributed by atoms with Crippen molar-refractivity contribution in [3.05, 3.63) is 41.1 Å². The number of allylic oxidation sites excluding steroid dienone is 1. The van der Waals surface area contributed by atoms with Gasteiger partial charge in [0, 0.05) is 24.9 Å². The van der Waals surface area contributed by atoms with Crippen LogP contribution in [0.2, 0.25) is 0 Å². The van der Waals surface area contributed by atoms with Gasteiger partial charge in [-0.3, -0.25) is 4.79 Å². The number of nitrogens with zero attached hydrogens (tertiary/aromatic N) is 1. The molecule has 0 unspecified atom stereocenters. The number of carbonyl (C=O) groups excluding carboxylic acids is 2. The van der Waals surface area contributed by atoms with E-state index in [1.165, 1.54) is 0 Å². The van der Waals surface area contributed by atoms with Gasteiger partial charge >= 0.3 is 5.97 Å². The molecule has 1 aromatic rings. The minimum Gasteiger partial charge on any atom is -0.459 e. The van der Waals surface area contributed by atoms with E-state index in [-0.39, 0.29) is 18.0 Å². The van der Waals surface area contributed by atoms with Gasteiger partial charge in [-0.05, 0) is 57.1 Å².